The van der Waals surface area contributed by atoms with Gasteiger partial charge in [0.15, 0.2) is 0 Å². The fraction of sp³-hybridized carbons (Fsp3) is 0.348. The molecule has 0 fully saturated rings. The highest BCUT2D eigenvalue weighted by Crippen LogP contribution is 2.36. The summed E-state index contributed by atoms with van der Waals surface area (Å²) in [4.78, 5) is 13.9. The summed E-state index contributed by atoms with van der Waals surface area (Å²) in [6, 6.07) is 9.69. The summed E-state index contributed by atoms with van der Waals surface area (Å²) >= 11 is 1.57. The number of fused-ring (bicyclic) bond motifs is 1. The number of aromatic hydroxyl groups is 1. The van der Waals surface area contributed by atoms with Gasteiger partial charge in [-0.25, -0.2) is 4.79 Å². The van der Waals surface area contributed by atoms with Crippen LogP contribution in [0.25, 0.3) is 16.7 Å². The number of hydrogen-bond donors (Lipinski definition) is 1. The van der Waals surface area contributed by atoms with E-state index >= 15 is 0 Å². The number of thioether (sulfide) groups is 1. The number of hydrogen-bond acceptors (Lipinski definition) is 6. The third-order valence-corrected chi connectivity index (χ3v) is 5.50. The molecule has 0 amide bonds. The summed E-state index contributed by atoms with van der Waals surface area (Å²) in [6.07, 6.45) is 0. The molecular formula is C23H27N3O3S. The van der Waals surface area contributed by atoms with Gasteiger partial charge < -0.3 is 9.84 Å². The lowest BCUT2D eigenvalue weighted by molar-refractivity contribution is -0.138. The molecule has 0 aliphatic carbocycles. The Kier molecular flexibility index (Phi) is 6.22. The zero-order chi connectivity index (χ0) is 22.1. The topological polar surface area (TPSA) is 77.2 Å². The molecule has 0 aliphatic rings. The summed E-state index contributed by atoms with van der Waals surface area (Å²) < 4.78 is 5.12. The van der Waals surface area contributed by atoms with Gasteiger partial charge in [0.25, 0.3) is 0 Å². The Hall–Kier alpha value is -2.80. The number of phenols is 1. The number of ether oxygens (including phenoxy) is 1. The van der Waals surface area contributed by atoms with Crippen LogP contribution in [0.1, 0.15) is 38.8 Å². The number of carbonyl (C=O) groups is 1. The zero-order valence-corrected chi connectivity index (χ0v) is 18.8. The van der Waals surface area contributed by atoms with Crippen molar-refractivity contribution in [2.75, 3.05) is 12.4 Å². The Balaban J connectivity index is 1.82. The lowest BCUT2D eigenvalue weighted by Gasteiger charge is -2.22. The maximum Gasteiger partial charge on any atom is 0.333 e. The highest BCUT2D eigenvalue weighted by molar-refractivity contribution is 7.99. The van der Waals surface area contributed by atoms with Crippen LogP contribution >= 0.6 is 11.8 Å². The van der Waals surface area contributed by atoms with Crippen LogP contribution in [0.5, 0.6) is 5.75 Å². The van der Waals surface area contributed by atoms with Crippen LogP contribution < -0.4 is 0 Å². The SMILES string of the molecule is C=C(C)C(=O)OCCSc1ccc2nn(-c3cc(C)cc(C(C)(C)C)c3O)nc2c1. The van der Waals surface area contributed by atoms with E-state index in [0.717, 1.165) is 27.1 Å². The molecule has 0 saturated carbocycles. The van der Waals surface area contributed by atoms with Gasteiger partial charge in [-0.1, -0.05) is 33.4 Å². The smallest absolute Gasteiger partial charge is 0.333 e. The predicted octanol–water partition coefficient (Wildman–Crippen LogP) is 4.94. The molecule has 1 heterocycles. The maximum atomic E-state index is 11.4. The van der Waals surface area contributed by atoms with Crippen molar-refractivity contribution in [1.29, 1.82) is 0 Å². The van der Waals surface area contributed by atoms with Gasteiger partial charge in [-0.3, -0.25) is 0 Å². The zero-order valence-electron chi connectivity index (χ0n) is 18.0. The fourth-order valence-corrected chi connectivity index (χ4v) is 3.75. The summed E-state index contributed by atoms with van der Waals surface area (Å²) in [5.74, 6) is 0.454. The van der Waals surface area contributed by atoms with E-state index in [9.17, 15) is 9.90 Å². The second-order valence-electron chi connectivity index (χ2n) is 8.33. The van der Waals surface area contributed by atoms with Gasteiger partial charge in [0.1, 0.15) is 29.1 Å². The van der Waals surface area contributed by atoms with Crippen molar-refractivity contribution >= 4 is 28.8 Å². The van der Waals surface area contributed by atoms with Crippen molar-refractivity contribution in [2.45, 2.75) is 44.9 Å². The number of benzene rings is 2. The Bertz CT molecular complexity index is 1110. The first-order valence-electron chi connectivity index (χ1n) is 9.73. The van der Waals surface area contributed by atoms with Gasteiger partial charge >= 0.3 is 5.97 Å². The van der Waals surface area contributed by atoms with E-state index in [4.69, 9.17) is 4.74 Å². The number of rotatable bonds is 6. The Morgan fingerprint density at radius 1 is 1.20 bits per heavy atom. The molecular weight excluding hydrogens is 398 g/mol. The summed E-state index contributed by atoms with van der Waals surface area (Å²) in [6.45, 7) is 13.7. The lowest BCUT2D eigenvalue weighted by atomic mass is 9.85. The van der Waals surface area contributed by atoms with Crippen LogP contribution in [0.2, 0.25) is 0 Å². The second-order valence-corrected chi connectivity index (χ2v) is 9.50. The third-order valence-electron chi connectivity index (χ3n) is 4.54. The van der Waals surface area contributed by atoms with Crippen LogP contribution in [0.4, 0.5) is 0 Å². The van der Waals surface area contributed by atoms with E-state index in [1.807, 2.05) is 37.3 Å². The molecule has 30 heavy (non-hydrogen) atoms. The molecule has 0 atom stereocenters. The van der Waals surface area contributed by atoms with Crippen LogP contribution in [-0.2, 0) is 14.9 Å². The van der Waals surface area contributed by atoms with Gasteiger partial charge in [-0.05, 0) is 49.1 Å². The van der Waals surface area contributed by atoms with Crippen LogP contribution in [0.3, 0.4) is 0 Å². The van der Waals surface area contributed by atoms with Gasteiger partial charge in [0, 0.05) is 21.8 Å². The van der Waals surface area contributed by atoms with Crippen LogP contribution in [-0.4, -0.2) is 38.4 Å². The third kappa shape index (κ3) is 4.84. The highest BCUT2D eigenvalue weighted by atomic mass is 32.2. The number of phenolic OH excluding ortho intramolecular Hbond substituents is 1. The van der Waals surface area contributed by atoms with Gasteiger partial charge in [0.2, 0.25) is 0 Å². The number of esters is 1. The van der Waals surface area contributed by atoms with Crippen molar-refractivity contribution in [3.05, 3.63) is 53.6 Å². The summed E-state index contributed by atoms with van der Waals surface area (Å²) in [5.41, 5.74) is 4.14. The second kappa shape index (κ2) is 8.52. The van der Waals surface area contributed by atoms with E-state index in [-0.39, 0.29) is 17.1 Å². The molecule has 6 nitrogen and oxygen atoms in total. The molecule has 0 saturated heterocycles. The molecule has 0 unspecified atom stereocenters. The van der Waals surface area contributed by atoms with E-state index < -0.39 is 0 Å². The molecule has 7 heteroatoms. The predicted molar refractivity (Wildman–Crippen MR) is 120 cm³/mol. The number of carbonyl (C=O) groups excluding carboxylic acids is 1. The molecule has 2 aromatic carbocycles. The first-order valence-corrected chi connectivity index (χ1v) is 10.7. The molecule has 3 rings (SSSR count). The van der Waals surface area contributed by atoms with Gasteiger partial charge in [0.05, 0.1) is 0 Å². The quantitative estimate of drug-likeness (QED) is 0.261. The fourth-order valence-electron chi connectivity index (χ4n) is 2.99. The van der Waals surface area contributed by atoms with Crippen molar-refractivity contribution in [3.8, 4) is 11.4 Å². The highest BCUT2D eigenvalue weighted by Gasteiger charge is 2.22. The molecule has 0 bridgehead atoms. The van der Waals surface area contributed by atoms with Crippen molar-refractivity contribution in [3.63, 3.8) is 0 Å². The summed E-state index contributed by atoms with van der Waals surface area (Å²) in [7, 11) is 0. The normalized spacial score (nSPS) is 11.6. The van der Waals surface area contributed by atoms with Crippen LogP contribution in [0, 0.1) is 6.92 Å². The monoisotopic (exact) mass is 425 g/mol. The molecule has 0 radical (unpaired) electrons. The Morgan fingerprint density at radius 2 is 1.90 bits per heavy atom. The summed E-state index contributed by atoms with van der Waals surface area (Å²) in [5, 5.41) is 20.0. The molecule has 3 aromatic rings. The molecule has 1 aromatic heterocycles. The minimum absolute atomic E-state index is 0.197. The largest absolute Gasteiger partial charge is 0.505 e. The Morgan fingerprint density at radius 3 is 2.57 bits per heavy atom. The minimum atomic E-state index is -0.374. The minimum Gasteiger partial charge on any atom is -0.505 e. The van der Waals surface area contributed by atoms with E-state index in [1.165, 1.54) is 4.80 Å². The van der Waals surface area contributed by atoms with Crippen molar-refractivity contribution in [2.24, 2.45) is 0 Å². The molecule has 0 aliphatic heterocycles. The first-order chi connectivity index (χ1) is 14.1. The first kappa shape index (κ1) is 21.9. The average Bonchev–Trinajstić information content (AvgIpc) is 3.08. The average molecular weight is 426 g/mol. The number of nitrogens with zero attached hydrogens (tertiary/aromatic N) is 3. The van der Waals surface area contributed by atoms with E-state index in [0.29, 0.717) is 23.6 Å². The van der Waals surface area contributed by atoms with Crippen molar-refractivity contribution < 1.29 is 14.6 Å². The van der Waals surface area contributed by atoms with Gasteiger partial charge in [-0.15, -0.1) is 26.8 Å². The molecule has 0 spiro atoms. The maximum absolute atomic E-state index is 11.4. The molecule has 1 N–H and O–H groups in total. The van der Waals surface area contributed by atoms with Gasteiger partial charge in [-0.2, -0.15) is 0 Å². The molecule has 158 valence electrons. The van der Waals surface area contributed by atoms with Crippen LogP contribution in [0.15, 0.2) is 47.4 Å². The lowest BCUT2D eigenvalue weighted by Crippen LogP contribution is -2.13. The number of aromatic nitrogens is 3. The standard InChI is InChI=1S/C23H27N3O3S/c1-14(2)22(28)29-9-10-30-16-7-8-18-19(13-16)25-26(24-18)20-12-15(3)11-17(21(20)27)23(4,5)6/h7-8,11-13,27H,1,9-10H2,2-6H3. The number of aryl methyl sites for hydroxylation is 1. The van der Waals surface area contributed by atoms with E-state index in [1.54, 1.807) is 18.7 Å². The van der Waals surface area contributed by atoms with E-state index in [2.05, 4.69) is 37.5 Å². The van der Waals surface area contributed by atoms with Crippen molar-refractivity contribution in [1.82, 2.24) is 15.0 Å². The Labute approximate surface area is 180 Å².